The van der Waals surface area contributed by atoms with Gasteiger partial charge in [-0.05, 0) is 61.1 Å². The van der Waals surface area contributed by atoms with E-state index in [1.165, 1.54) is 33.8 Å². The molecule has 1 aliphatic carbocycles. The van der Waals surface area contributed by atoms with Gasteiger partial charge in [-0.3, -0.25) is 0 Å². The molecule has 0 bridgehead atoms. The number of aryl methyl sites for hydroxylation is 1. The molecule has 0 saturated heterocycles. The first-order valence-electron chi connectivity index (χ1n) is 11.8. The molecule has 0 saturated carbocycles. The van der Waals surface area contributed by atoms with Crippen LogP contribution >= 0.6 is 11.3 Å². The number of aromatic nitrogens is 1. The van der Waals surface area contributed by atoms with Gasteiger partial charge in [0.2, 0.25) is 0 Å². The van der Waals surface area contributed by atoms with Crippen molar-refractivity contribution in [1.29, 1.82) is 0 Å². The number of rotatable bonds is 3. The molecule has 1 aliphatic heterocycles. The Labute approximate surface area is 203 Å². The van der Waals surface area contributed by atoms with Crippen molar-refractivity contribution in [2.75, 3.05) is 12.4 Å². The number of urea groups is 1. The monoisotopic (exact) mass is 469 g/mol. The number of hydrogen-bond acceptors (Lipinski definition) is 3. The molecular weight excluding hydrogens is 442 g/mol. The standard InChI is InChI=1S/C28H27N3O2S/c1-33-21-12-7-11-20(17-21)29-28(32)31-18-23-22-13-5-6-15-25(22)34-27(23)30-16-8-14-24(30)26(31)19-9-3-2-4-10-19/h2-4,7-12,14,16-17,26H,5-6,13,15,18H2,1H3,(H,29,32)/t26-/m1/s1. The zero-order valence-electron chi connectivity index (χ0n) is 19.2. The van der Waals surface area contributed by atoms with Crippen molar-refractivity contribution in [3.8, 4) is 10.8 Å². The number of benzene rings is 2. The summed E-state index contributed by atoms with van der Waals surface area (Å²) in [6.45, 7) is 0.582. The number of hydrogen-bond donors (Lipinski definition) is 1. The number of amides is 2. The van der Waals surface area contributed by atoms with E-state index in [0.717, 1.165) is 35.5 Å². The molecule has 0 fully saturated rings. The summed E-state index contributed by atoms with van der Waals surface area (Å²) in [6.07, 6.45) is 6.85. The Kier molecular flexibility index (Phi) is 5.38. The number of fused-ring (bicyclic) bond motifs is 5. The first-order valence-corrected chi connectivity index (χ1v) is 12.6. The van der Waals surface area contributed by atoms with Crippen molar-refractivity contribution in [3.63, 3.8) is 0 Å². The largest absolute Gasteiger partial charge is 0.497 e. The Balaban J connectivity index is 1.48. The number of carbonyl (C=O) groups is 1. The topological polar surface area (TPSA) is 46.5 Å². The highest BCUT2D eigenvalue weighted by Crippen LogP contribution is 2.44. The molecule has 5 nitrogen and oxygen atoms in total. The molecular formula is C28H27N3O2S. The van der Waals surface area contributed by atoms with Crippen LogP contribution in [0.15, 0.2) is 72.9 Å². The van der Waals surface area contributed by atoms with Crippen LogP contribution < -0.4 is 10.1 Å². The zero-order valence-corrected chi connectivity index (χ0v) is 20.0. The van der Waals surface area contributed by atoms with Gasteiger partial charge < -0.3 is 19.5 Å². The molecule has 0 radical (unpaired) electrons. The van der Waals surface area contributed by atoms with Crippen molar-refractivity contribution < 1.29 is 9.53 Å². The molecule has 1 atom stereocenters. The second-order valence-electron chi connectivity index (χ2n) is 8.90. The van der Waals surface area contributed by atoms with Crippen LogP contribution in [0.4, 0.5) is 10.5 Å². The highest BCUT2D eigenvalue weighted by molar-refractivity contribution is 7.15. The number of ether oxygens (including phenoxy) is 1. The van der Waals surface area contributed by atoms with Crippen LogP contribution in [0.5, 0.6) is 5.75 Å². The van der Waals surface area contributed by atoms with E-state index in [-0.39, 0.29) is 12.1 Å². The lowest BCUT2D eigenvalue weighted by molar-refractivity contribution is 0.194. The number of nitrogens with zero attached hydrogens (tertiary/aromatic N) is 2. The summed E-state index contributed by atoms with van der Waals surface area (Å²) in [4.78, 5) is 17.4. The highest BCUT2D eigenvalue weighted by atomic mass is 32.1. The molecule has 172 valence electrons. The number of thiophene rings is 1. The van der Waals surface area contributed by atoms with Crippen molar-refractivity contribution in [3.05, 3.63) is 100 Å². The average molecular weight is 470 g/mol. The lowest BCUT2D eigenvalue weighted by Crippen LogP contribution is -2.38. The molecule has 3 heterocycles. The first-order chi connectivity index (χ1) is 16.7. The minimum absolute atomic E-state index is 0.113. The second-order valence-corrected chi connectivity index (χ2v) is 9.98. The maximum Gasteiger partial charge on any atom is 0.322 e. The lowest BCUT2D eigenvalue weighted by atomic mass is 9.95. The van der Waals surface area contributed by atoms with Crippen molar-refractivity contribution in [2.45, 2.75) is 38.3 Å². The number of anilines is 1. The first kappa shape index (κ1) is 21.1. The van der Waals surface area contributed by atoms with Gasteiger partial charge in [0.15, 0.2) is 0 Å². The molecule has 6 heteroatoms. The summed E-state index contributed by atoms with van der Waals surface area (Å²) in [7, 11) is 1.64. The summed E-state index contributed by atoms with van der Waals surface area (Å²) in [5, 5.41) is 4.41. The van der Waals surface area contributed by atoms with Gasteiger partial charge in [0.1, 0.15) is 10.8 Å². The Morgan fingerprint density at radius 3 is 2.71 bits per heavy atom. The summed E-state index contributed by atoms with van der Waals surface area (Å²) < 4.78 is 7.67. The fourth-order valence-electron chi connectivity index (χ4n) is 5.27. The third-order valence-corrected chi connectivity index (χ3v) is 8.21. The summed E-state index contributed by atoms with van der Waals surface area (Å²) in [5.41, 5.74) is 5.70. The maximum absolute atomic E-state index is 13.9. The Hall–Kier alpha value is -3.51. The summed E-state index contributed by atoms with van der Waals surface area (Å²) in [5.74, 6) is 0.719. The van der Waals surface area contributed by atoms with Crippen molar-refractivity contribution in [2.24, 2.45) is 0 Å². The molecule has 34 heavy (non-hydrogen) atoms. The van der Waals surface area contributed by atoms with Gasteiger partial charge in [0, 0.05) is 28.4 Å². The Morgan fingerprint density at radius 1 is 1.00 bits per heavy atom. The molecule has 0 unspecified atom stereocenters. The van der Waals surface area contributed by atoms with Crippen LogP contribution in [-0.4, -0.2) is 22.6 Å². The van der Waals surface area contributed by atoms with Crippen LogP contribution in [0.25, 0.3) is 5.00 Å². The fraction of sp³-hybridized carbons (Fsp3) is 0.250. The zero-order chi connectivity index (χ0) is 23.1. The second kappa shape index (κ2) is 8.69. The number of nitrogens with one attached hydrogen (secondary N) is 1. The number of carbonyl (C=O) groups excluding carboxylic acids is 1. The van der Waals surface area contributed by atoms with Gasteiger partial charge in [-0.25, -0.2) is 4.79 Å². The molecule has 0 spiro atoms. The third kappa shape index (κ3) is 3.59. The molecule has 1 N–H and O–H groups in total. The molecule has 2 aromatic heterocycles. The quantitative estimate of drug-likeness (QED) is 0.369. The van der Waals surface area contributed by atoms with E-state index in [4.69, 9.17) is 4.74 Å². The van der Waals surface area contributed by atoms with Gasteiger partial charge in [-0.1, -0.05) is 36.4 Å². The predicted molar refractivity (Wildman–Crippen MR) is 136 cm³/mol. The molecule has 2 aromatic carbocycles. The number of methoxy groups -OCH3 is 1. The Bertz CT molecular complexity index is 1340. The van der Waals surface area contributed by atoms with E-state index in [2.05, 4.69) is 40.3 Å². The van der Waals surface area contributed by atoms with E-state index in [1.54, 1.807) is 7.11 Å². The fourth-order valence-corrected chi connectivity index (χ4v) is 6.67. The van der Waals surface area contributed by atoms with Gasteiger partial charge in [0.25, 0.3) is 0 Å². The van der Waals surface area contributed by atoms with E-state index >= 15 is 0 Å². The molecule has 2 amide bonds. The van der Waals surface area contributed by atoms with E-state index in [1.807, 2.05) is 58.7 Å². The van der Waals surface area contributed by atoms with Gasteiger partial charge in [-0.2, -0.15) is 0 Å². The smallest absolute Gasteiger partial charge is 0.322 e. The third-order valence-electron chi connectivity index (χ3n) is 6.88. The van der Waals surface area contributed by atoms with E-state index in [9.17, 15) is 4.79 Å². The van der Waals surface area contributed by atoms with Crippen LogP contribution in [-0.2, 0) is 19.4 Å². The van der Waals surface area contributed by atoms with Crippen LogP contribution in [0.3, 0.4) is 0 Å². The van der Waals surface area contributed by atoms with Gasteiger partial charge in [-0.15, -0.1) is 11.3 Å². The summed E-state index contributed by atoms with van der Waals surface area (Å²) >= 11 is 1.91. The van der Waals surface area contributed by atoms with Gasteiger partial charge >= 0.3 is 6.03 Å². The normalized spacial score (nSPS) is 16.7. The van der Waals surface area contributed by atoms with Crippen molar-refractivity contribution in [1.82, 2.24) is 9.47 Å². The molecule has 6 rings (SSSR count). The minimum Gasteiger partial charge on any atom is -0.497 e. The molecule has 4 aromatic rings. The van der Waals surface area contributed by atoms with Gasteiger partial charge in [0.05, 0.1) is 25.4 Å². The Morgan fingerprint density at radius 2 is 1.85 bits per heavy atom. The van der Waals surface area contributed by atoms with Crippen molar-refractivity contribution >= 4 is 23.1 Å². The predicted octanol–water partition coefficient (Wildman–Crippen LogP) is 6.56. The average Bonchev–Trinajstić information content (AvgIpc) is 3.46. The van der Waals surface area contributed by atoms with Crippen LogP contribution in [0.2, 0.25) is 0 Å². The highest BCUT2D eigenvalue weighted by Gasteiger charge is 2.36. The molecule has 2 aliphatic rings. The minimum atomic E-state index is -0.194. The van der Waals surface area contributed by atoms with Crippen LogP contribution in [0.1, 0.15) is 46.1 Å². The van der Waals surface area contributed by atoms with Crippen LogP contribution in [0, 0.1) is 0 Å². The summed E-state index contributed by atoms with van der Waals surface area (Å²) in [6, 6.07) is 21.8. The van der Waals surface area contributed by atoms with E-state index in [0.29, 0.717) is 6.54 Å². The lowest BCUT2D eigenvalue weighted by Gasteiger charge is -2.31. The SMILES string of the molecule is COc1cccc(NC(=O)N2Cc3c(sc4c3CCCC4)-n3cccc3[C@H]2c2ccccc2)c1. The maximum atomic E-state index is 13.9. The van der Waals surface area contributed by atoms with E-state index < -0.39 is 0 Å².